The van der Waals surface area contributed by atoms with Crippen LogP contribution >= 0.6 is 11.3 Å². The van der Waals surface area contributed by atoms with Crippen LogP contribution in [0.15, 0.2) is 6.20 Å². The summed E-state index contributed by atoms with van der Waals surface area (Å²) in [4.78, 5) is 17.5. The zero-order valence-corrected chi connectivity index (χ0v) is 10.4. The second-order valence-corrected chi connectivity index (χ2v) is 6.01. The molecule has 0 atom stereocenters. The highest BCUT2D eigenvalue weighted by Crippen LogP contribution is 2.33. The molecule has 4 nitrogen and oxygen atoms in total. The van der Waals surface area contributed by atoms with Crippen LogP contribution in [0, 0.1) is 5.41 Å². The Morgan fingerprint density at radius 3 is 2.94 bits per heavy atom. The van der Waals surface area contributed by atoms with Crippen molar-refractivity contribution in [2.24, 2.45) is 5.41 Å². The molecule has 88 valence electrons. The van der Waals surface area contributed by atoms with Gasteiger partial charge in [0.15, 0.2) is 5.13 Å². The Bertz CT molecular complexity index is 400. The number of anilines is 1. The first-order chi connectivity index (χ1) is 7.48. The summed E-state index contributed by atoms with van der Waals surface area (Å²) in [6.45, 7) is 6.42. The largest absolute Gasteiger partial charge is 0.477 e. The van der Waals surface area contributed by atoms with Crippen LogP contribution in [0.25, 0.3) is 0 Å². The SMILES string of the molecule is CC1(C)CCCN(c2ncc(C(=O)O)s2)C1. The fraction of sp³-hybridized carbons (Fsp3) is 0.636. The van der Waals surface area contributed by atoms with Gasteiger partial charge in [0.1, 0.15) is 4.88 Å². The monoisotopic (exact) mass is 240 g/mol. The molecule has 2 heterocycles. The summed E-state index contributed by atoms with van der Waals surface area (Å²) in [5, 5.41) is 9.69. The first-order valence-corrected chi connectivity index (χ1v) is 6.24. The molecule has 0 unspecified atom stereocenters. The maximum atomic E-state index is 10.8. The average Bonchev–Trinajstić information content (AvgIpc) is 2.64. The summed E-state index contributed by atoms with van der Waals surface area (Å²) in [5.41, 5.74) is 0.299. The number of nitrogens with zero attached hydrogens (tertiary/aromatic N) is 2. The van der Waals surface area contributed by atoms with E-state index in [0.717, 1.165) is 24.6 Å². The summed E-state index contributed by atoms with van der Waals surface area (Å²) < 4.78 is 0. The summed E-state index contributed by atoms with van der Waals surface area (Å²) in [6, 6.07) is 0. The Morgan fingerprint density at radius 1 is 1.62 bits per heavy atom. The molecule has 0 amide bonds. The molecule has 1 aromatic heterocycles. The lowest BCUT2D eigenvalue weighted by Gasteiger charge is -2.37. The Labute approximate surface area is 98.9 Å². The van der Waals surface area contributed by atoms with Crippen LogP contribution in [0.4, 0.5) is 5.13 Å². The molecule has 0 aromatic carbocycles. The lowest BCUT2D eigenvalue weighted by Crippen LogP contribution is -2.39. The number of rotatable bonds is 2. The number of carboxylic acids is 1. The van der Waals surface area contributed by atoms with Gasteiger partial charge in [-0.25, -0.2) is 9.78 Å². The highest BCUT2D eigenvalue weighted by Gasteiger charge is 2.28. The van der Waals surface area contributed by atoms with E-state index in [1.807, 2.05) is 0 Å². The molecule has 1 aliphatic rings. The standard InChI is InChI=1S/C11H16N2O2S/c1-11(2)4-3-5-13(7-11)10-12-6-8(16-10)9(14)15/h6H,3-5,7H2,1-2H3,(H,14,15). The number of hydrogen-bond acceptors (Lipinski definition) is 4. The predicted octanol–water partition coefficient (Wildman–Crippen LogP) is 2.47. The van der Waals surface area contributed by atoms with E-state index in [0.29, 0.717) is 10.3 Å². The molecule has 0 saturated carbocycles. The molecular weight excluding hydrogens is 224 g/mol. The minimum absolute atomic E-state index is 0.299. The first kappa shape index (κ1) is 11.4. The van der Waals surface area contributed by atoms with E-state index in [9.17, 15) is 4.79 Å². The van der Waals surface area contributed by atoms with Crippen molar-refractivity contribution >= 4 is 22.4 Å². The summed E-state index contributed by atoms with van der Waals surface area (Å²) in [5.74, 6) is -0.889. The molecule has 16 heavy (non-hydrogen) atoms. The molecule has 2 rings (SSSR count). The fourth-order valence-corrected chi connectivity index (χ4v) is 2.88. The van der Waals surface area contributed by atoms with Crippen molar-refractivity contribution in [3.63, 3.8) is 0 Å². The van der Waals surface area contributed by atoms with E-state index >= 15 is 0 Å². The average molecular weight is 240 g/mol. The number of aromatic carboxylic acids is 1. The highest BCUT2D eigenvalue weighted by atomic mass is 32.1. The van der Waals surface area contributed by atoms with Crippen LogP contribution in [0.1, 0.15) is 36.4 Å². The predicted molar refractivity (Wildman–Crippen MR) is 64.3 cm³/mol. The maximum Gasteiger partial charge on any atom is 0.347 e. The lowest BCUT2D eigenvalue weighted by molar-refractivity contribution is 0.0702. The van der Waals surface area contributed by atoms with Gasteiger partial charge in [-0.05, 0) is 18.3 Å². The third-order valence-electron chi connectivity index (χ3n) is 2.88. The number of thiazole rings is 1. The van der Waals surface area contributed by atoms with Gasteiger partial charge in [-0.2, -0.15) is 0 Å². The van der Waals surface area contributed by atoms with Crippen LogP contribution in [-0.2, 0) is 0 Å². The number of hydrogen-bond donors (Lipinski definition) is 1. The fourth-order valence-electron chi connectivity index (χ4n) is 2.10. The molecule has 0 aliphatic carbocycles. The molecule has 1 saturated heterocycles. The second kappa shape index (κ2) is 4.05. The van der Waals surface area contributed by atoms with Crippen molar-refractivity contribution in [2.45, 2.75) is 26.7 Å². The molecule has 0 spiro atoms. The second-order valence-electron chi connectivity index (χ2n) is 5.00. The number of carboxylic acid groups (broad SMARTS) is 1. The molecule has 0 bridgehead atoms. The third-order valence-corrected chi connectivity index (χ3v) is 3.92. The van der Waals surface area contributed by atoms with Crippen molar-refractivity contribution < 1.29 is 9.90 Å². The van der Waals surface area contributed by atoms with Crippen LogP contribution < -0.4 is 4.90 Å². The van der Waals surface area contributed by atoms with E-state index < -0.39 is 5.97 Å². The molecule has 0 radical (unpaired) electrons. The van der Waals surface area contributed by atoms with E-state index in [2.05, 4.69) is 23.7 Å². The van der Waals surface area contributed by atoms with Crippen molar-refractivity contribution in [1.29, 1.82) is 0 Å². The van der Waals surface area contributed by atoms with Gasteiger partial charge >= 0.3 is 5.97 Å². The van der Waals surface area contributed by atoms with Gasteiger partial charge < -0.3 is 10.0 Å². The quantitative estimate of drug-likeness (QED) is 0.862. The van der Waals surface area contributed by atoms with Crippen LogP contribution in [-0.4, -0.2) is 29.1 Å². The van der Waals surface area contributed by atoms with Gasteiger partial charge in [0.2, 0.25) is 0 Å². The molecule has 1 fully saturated rings. The summed E-state index contributed by atoms with van der Waals surface area (Å²) in [6.07, 6.45) is 3.82. The van der Waals surface area contributed by atoms with Gasteiger partial charge in [-0.15, -0.1) is 0 Å². The van der Waals surface area contributed by atoms with Crippen molar-refractivity contribution in [3.8, 4) is 0 Å². The van der Waals surface area contributed by atoms with Gasteiger partial charge in [0, 0.05) is 13.1 Å². The third kappa shape index (κ3) is 2.35. The Balaban J connectivity index is 2.14. The van der Waals surface area contributed by atoms with Crippen molar-refractivity contribution in [1.82, 2.24) is 4.98 Å². The summed E-state index contributed by atoms with van der Waals surface area (Å²) >= 11 is 1.26. The maximum absolute atomic E-state index is 10.8. The van der Waals surface area contributed by atoms with Crippen LogP contribution in [0.5, 0.6) is 0 Å². The van der Waals surface area contributed by atoms with Gasteiger partial charge in [-0.3, -0.25) is 0 Å². The smallest absolute Gasteiger partial charge is 0.347 e. The molecule has 5 heteroatoms. The molecule has 1 N–H and O–H groups in total. The lowest BCUT2D eigenvalue weighted by atomic mass is 9.84. The normalized spacial score (nSPS) is 19.8. The Morgan fingerprint density at radius 2 is 2.38 bits per heavy atom. The van der Waals surface area contributed by atoms with E-state index in [4.69, 9.17) is 5.11 Å². The van der Waals surface area contributed by atoms with Gasteiger partial charge in [-0.1, -0.05) is 25.2 Å². The van der Waals surface area contributed by atoms with Crippen LogP contribution in [0.3, 0.4) is 0 Å². The highest BCUT2D eigenvalue weighted by molar-refractivity contribution is 7.17. The Hall–Kier alpha value is -1.10. The zero-order chi connectivity index (χ0) is 11.8. The van der Waals surface area contributed by atoms with Crippen LogP contribution in [0.2, 0.25) is 0 Å². The number of piperidine rings is 1. The molecule has 1 aromatic rings. The van der Waals surface area contributed by atoms with Crippen molar-refractivity contribution in [2.75, 3.05) is 18.0 Å². The van der Waals surface area contributed by atoms with E-state index in [-0.39, 0.29) is 0 Å². The topological polar surface area (TPSA) is 53.4 Å². The zero-order valence-electron chi connectivity index (χ0n) is 9.56. The van der Waals surface area contributed by atoms with Gasteiger partial charge in [0.25, 0.3) is 0 Å². The van der Waals surface area contributed by atoms with Crippen molar-refractivity contribution in [3.05, 3.63) is 11.1 Å². The Kier molecular flexibility index (Phi) is 2.88. The first-order valence-electron chi connectivity index (χ1n) is 5.42. The van der Waals surface area contributed by atoms with E-state index in [1.165, 1.54) is 24.0 Å². The minimum atomic E-state index is -0.889. The minimum Gasteiger partial charge on any atom is -0.477 e. The van der Waals surface area contributed by atoms with E-state index in [1.54, 1.807) is 0 Å². The van der Waals surface area contributed by atoms with Gasteiger partial charge in [0.05, 0.1) is 6.20 Å². The molecular formula is C11H16N2O2S. The number of aromatic nitrogens is 1. The summed E-state index contributed by atoms with van der Waals surface area (Å²) in [7, 11) is 0. The number of carbonyl (C=O) groups is 1. The molecule has 1 aliphatic heterocycles.